The summed E-state index contributed by atoms with van der Waals surface area (Å²) in [6, 6.07) is 22.0. The van der Waals surface area contributed by atoms with Crippen molar-refractivity contribution in [3.8, 4) is 0 Å². The largest absolute Gasteiger partial charge is 0.481 e. The van der Waals surface area contributed by atoms with E-state index in [9.17, 15) is 19.5 Å². The van der Waals surface area contributed by atoms with Crippen LogP contribution in [0.1, 0.15) is 39.0 Å². The van der Waals surface area contributed by atoms with E-state index in [0.29, 0.717) is 12.0 Å². The van der Waals surface area contributed by atoms with Crippen molar-refractivity contribution in [3.63, 3.8) is 0 Å². The Balaban J connectivity index is 1.60. The highest BCUT2D eigenvalue weighted by molar-refractivity contribution is 5.99. The number of nitrogens with one attached hydrogen (secondary N) is 1. The molecule has 0 saturated carbocycles. The van der Waals surface area contributed by atoms with Crippen molar-refractivity contribution in [2.75, 3.05) is 7.05 Å². The summed E-state index contributed by atoms with van der Waals surface area (Å²) < 4.78 is 0. The maximum atomic E-state index is 13.7. The van der Waals surface area contributed by atoms with Gasteiger partial charge in [0.1, 0.15) is 0 Å². The Kier molecular flexibility index (Phi) is 7.87. The van der Waals surface area contributed by atoms with Gasteiger partial charge in [-0.15, -0.1) is 0 Å². The van der Waals surface area contributed by atoms with Gasteiger partial charge in [-0.3, -0.25) is 14.4 Å². The summed E-state index contributed by atoms with van der Waals surface area (Å²) in [7, 11) is 1.63. The second-order valence-electron chi connectivity index (χ2n) is 9.77. The number of aliphatic carboxylic acids is 1. The molecule has 0 aliphatic heterocycles. The van der Waals surface area contributed by atoms with Gasteiger partial charge in [0.2, 0.25) is 0 Å². The van der Waals surface area contributed by atoms with Gasteiger partial charge >= 0.3 is 5.97 Å². The van der Waals surface area contributed by atoms with Gasteiger partial charge in [0, 0.05) is 36.1 Å². The molecule has 190 valence electrons. The number of nitrogens with zero attached hydrogens (tertiary/aromatic N) is 1. The number of hydrogen-bond acceptors (Lipinski definition) is 3. The number of benzene rings is 3. The molecular formula is C31H32N2O4. The van der Waals surface area contributed by atoms with Crippen LogP contribution in [0.25, 0.3) is 10.9 Å². The third-order valence-electron chi connectivity index (χ3n) is 6.84. The summed E-state index contributed by atoms with van der Waals surface area (Å²) in [6.07, 6.45) is 2.17. The molecule has 3 aromatic carbocycles. The summed E-state index contributed by atoms with van der Waals surface area (Å²) in [4.78, 5) is 44.0. The summed E-state index contributed by atoms with van der Waals surface area (Å²) in [5.74, 6) is -2.46. The molecule has 4 rings (SSSR count). The number of aromatic amines is 1. The zero-order chi connectivity index (χ0) is 26.5. The van der Waals surface area contributed by atoms with E-state index < -0.39 is 17.9 Å². The number of carboxylic acids is 1. The minimum absolute atomic E-state index is 0.170. The molecule has 0 aliphatic rings. The molecule has 37 heavy (non-hydrogen) atoms. The fraction of sp³-hybridized carbons (Fsp3) is 0.258. The lowest BCUT2D eigenvalue weighted by Crippen LogP contribution is -2.45. The molecule has 2 atom stereocenters. The molecule has 0 aliphatic carbocycles. The second-order valence-corrected chi connectivity index (χ2v) is 9.77. The highest BCUT2D eigenvalue weighted by atomic mass is 16.4. The Hall–Kier alpha value is -4.19. The van der Waals surface area contributed by atoms with Crippen LogP contribution in [-0.4, -0.2) is 45.7 Å². The van der Waals surface area contributed by atoms with Gasteiger partial charge in [0.25, 0.3) is 5.91 Å². The molecule has 0 saturated heterocycles. The number of carbonyl (C=O) groups is 3. The summed E-state index contributed by atoms with van der Waals surface area (Å²) in [5.41, 5.74) is 5.13. The van der Waals surface area contributed by atoms with Crippen molar-refractivity contribution in [2.24, 2.45) is 5.92 Å². The first-order valence-electron chi connectivity index (χ1n) is 12.4. The average Bonchev–Trinajstić information content (AvgIpc) is 3.28. The minimum atomic E-state index is -1.03. The molecule has 1 amide bonds. The SMILES string of the molecule is Cc1cc(C)cc(C(=O)N(C)[C@H](Cc2ccccc2)C(=O)C[C@@H](Cc2c[nH]c3ccccc23)C(=O)O)c1. The van der Waals surface area contributed by atoms with Gasteiger partial charge in [-0.05, 0) is 56.0 Å². The zero-order valence-electron chi connectivity index (χ0n) is 21.4. The first-order valence-corrected chi connectivity index (χ1v) is 12.4. The normalized spacial score (nSPS) is 12.7. The zero-order valence-corrected chi connectivity index (χ0v) is 21.4. The highest BCUT2D eigenvalue weighted by Crippen LogP contribution is 2.24. The van der Waals surface area contributed by atoms with Crippen LogP contribution in [0.4, 0.5) is 0 Å². The number of amides is 1. The molecule has 6 heteroatoms. The summed E-state index contributed by atoms with van der Waals surface area (Å²) in [6.45, 7) is 3.86. The quantitative estimate of drug-likeness (QED) is 0.309. The molecule has 1 heterocycles. The number of aromatic nitrogens is 1. The van der Waals surface area contributed by atoms with Crippen molar-refractivity contribution in [1.29, 1.82) is 0 Å². The lowest BCUT2D eigenvalue weighted by Gasteiger charge is -2.28. The number of ketones is 1. The van der Waals surface area contributed by atoms with Crippen molar-refractivity contribution in [3.05, 3.63) is 107 Å². The number of rotatable bonds is 10. The minimum Gasteiger partial charge on any atom is -0.481 e. The summed E-state index contributed by atoms with van der Waals surface area (Å²) in [5, 5.41) is 11.0. The predicted octanol–water partition coefficient (Wildman–Crippen LogP) is 5.37. The van der Waals surface area contributed by atoms with Crippen LogP contribution < -0.4 is 0 Å². The van der Waals surface area contributed by atoms with Crippen molar-refractivity contribution in [2.45, 2.75) is 39.2 Å². The highest BCUT2D eigenvalue weighted by Gasteiger charge is 2.32. The van der Waals surface area contributed by atoms with E-state index in [2.05, 4.69) is 4.98 Å². The van der Waals surface area contributed by atoms with Crippen molar-refractivity contribution >= 4 is 28.6 Å². The number of fused-ring (bicyclic) bond motifs is 1. The molecule has 0 spiro atoms. The number of likely N-dealkylation sites (N-methyl/N-ethyl adjacent to an activating group) is 1. The maximum Gasteiger partial charge on any atom is 0.307 e. The van der Waals surface area contributed by atoms with Gasteiger partial charge in [-0.25, -0.2) is 0 Å². The van der Waals surface area contributed by atoms with Crippen LogP contribution in [0, 0.1) is 19.8 Å². The third-order valence-corrected chi connectivity index (χ3v) is 6.84. The van der Waals surface area contributed by atoms with E-state index in [1.807, 2.05) is 92.8 Å². The van der Waals surface area contributed by atoms with E-state index in [0.717, 1.165) is 33.2 Å². The van der Waals surface area contributed by atoms with Crippen LogP contribution in [0.3, 0.4) is 0 Å². The van der Waals surface area contributed by atoms with Gasteiger partial charge in [-0.1, -0.05) is 65.7 Å². The van der Waals surface area contributed by atoms with E-state index in [4.69, 9.17) is 0 Å². The van der Waals surface area contributed by atoms with Crippen LogP contribution in [0.5, 0.6) is 0 Å². The molecule has 0 radical (unpaired) electrons. The molecule has 0 fully saturated rings. The standard InChI is InChI=1S/C31H32N2O4/c1-20-13-21(2)15-23(14-20)30(35)33(3)28(16-22-9-5-4-6-10-22)29(34)18-24(31(36)37)17-25-19-32-27-12-8-7-11-26(25)27/h4-15,19,24,28,32H,16-18H2,1-3H3,(H,36,37)/t24-,28-/m1/s1. The molecule has 0 unspecified atom stereocenters. The van der Waals surface area contributed by atoms with E-state index in [-0.39, 0.29) is 24.5 Å². The van der Waals surface area contributed by atoms with Gasteiger partial charge < -0.3 is 15.0 Å². The predicted molar refractivity (Wildman–Crippen MR) is 145 cm³/mol. The Morgan fingerprint density at radius 1 is 0.892 bits per heavy atom. The topological polar surface area (TPSA) is 90.5 Å². The van der Waals surface area contributed by atoms with E-state index in [1.165, 1.54) is 4.90 Å². The molecule has 4 aromatic rings. The van der Waals surface area contributed by atoms with Crippen molar-refractivity contribution in [1.82, 2.24) is 9.88 Å². The van der Waals surface area contributed by atoms with E-state index >= 15 is 0 Å². The Morgan fingerprint density at radius 2 is 1.54 bits per heavy atom. The number of carbonyl (C=O) groups excluding carboxylic acids is 2. The number of carboxylic acid groups (broad SMARTS) is 1. The molecule has 0 bridgehead atoms. The van der Waals surface area contributed by atoms with Crippen LogP contribution in [0.2, 0.25) is 0 Å². The number of Topliss-reactive ketones (excluding diaryl/α,β-unsaturated/α-hetero) is 1. The number of hydrogen-bond donors (Lipinski definition) is 2. The smallest absolute Gasteiger partial charge is 0.307 e. The van der Waals surface area contributed by atoms with Crippen LogP contribution in [0.15, 0.2) is 79.0 Å². The Bertz CT molecular complexity index is 1400. The first-order chi connectivity index (χ1) is 17.7. The Labute approximate surface area is 216 Å². The Morgan fingerprint density at radius 3 is 2.22 bits per heavy atom. The average molecular weight is 497 g/mol. The first kappa shape index (κ1) is 25.9. The number of H-pyrrole nitrogens is 1. The third kappa shape index (κ3) is 6.15. The number of para-hydroxylation sites is 1. The second kappa shape index (κ2) is 11.2. The monoisotopic (exact) mass is 496 g/mol. The lowest BCUT2D eigenvalue weighted by atomic mass is 9.89. The maximum absolute atomic E-state index is 13.7. The lowest BCUT2D eigenvalue weighted by molar-refractivity contribution is -0.144. The fourth-order valence-corrected chi connectivity index (χ4v) is 4.94. The number of aryl methyl sites for hydroxylation is 2. The molecule has 1 aromatic heterocycles. The van der Waals surface area contributed by atoms with Crippen LogP contribution in [-0.2, 0) is 22.4 Å². The summed E-state index contributed by atoms with van der Waals surface area (Å²) >= 11 is 0. The molecular weight excluding hydrogens is 464 g/mol. The molecule has 6 nitrogen and oxygen atoms in total. The van der Waals surface area contributed by atoms with Crippen molar-refractivity contribution < 1.29 is 19.5 Å². The molecule has 2 N–H and O–H groups in total. The fourth-order valence-electron chi connectivity index (χ4n) is 4.94. The van der Waals surface area contributed by atoms with Crippen LogP contribution >= 0.6 is 0 Å². The van der Waals surface area contributed by atoms with Gasteiger partial charge in [0.15, 0.2) is 5.78 Å². The van der Waals surface area contributed by atoms with E-state index in [1.54, 1.807) is 7.05 Å². The van der Waals surface area contributed by atoms with Gasteiger partial charge in [-0.2, -0.15) is 0 Å². The van der Waals surface area contributed by atoms with Gasteiger partial charge in [0.05, 0.1) is 12.0 Å².